The van der Waals surface area contributed by atoms with Gasteiger partial charge in [0.2, 0.25) is 0 Å². The molecule has 21 heavy (non-hydrogen) atoms. The van der Waals surface area contributed by atoms with Gasteiger partial charge < -0.3 is 9.30 Å². The molecular formula is C17H20N2O2. The van der Waals surface area contributed by atoms with Crippen molar-refractivity contribution in [2.24, 2.45) is 0 Å². The molecule has 1 heterocycles. The lowest BCUT2D eigenvalue weighted by Crippen LogP contribution is -2.12. The third-order valence-electron chi connectivity index (χ3n) is 4.13. The molecule has 4 nitrogen and oxygen atoms in total. The van der Waals surface area contributed by atoms with Crippen LogP contribution in [0.1, 0.15) is 35.4 Å². The number of methoxy groups -OCH3 is 1. The molecular weight excluding hydrogens is 264 g/mol. The molecule has 0 saturated heterocycles. The van der Waals surface area contributed by atoms with Crippen molar-refractivity contribution in [3.63, 3.8) is 0 Å². The minimum Gasteiger partial charge on any atom is -0.469 e. The summed E-state index contributed by atoms with van der Waals surface area (Å²) in [6, 6.07) is 8.05. The van der Waals surface area contributed by atoms with E-state index in [1.165, 1.54) is 31.3 Å². The quantitative estimate of drug-likeness (QED) is 0.810. The third kappa shape index (κ3) is 2.99. The summed E-state index contributed by atoms with van der Waals surface area (Å²) in [5.41, 5.74) is 4.79. The first kappa shape index (κ1) is 13.9. The Morgan fingerprint density at radius 2 is 2.00 bits per heavy atom. The molecule has 0 fully saturated rings. The van der Waals surface area contributed by atoms with Crippen LogP contribution >= 0.6 is 0 Å². The largest absolute Gasteiger partial charge is 0.469 e. The molecule has 0 amide bonds. The molecule has 1 aromatic heterocycles. The summed E-state index contributed by atoms with van der Waals surface area (Å²) in [4.78, 5) is 16.1. The fourth-order valence-electron chi connectivity index (χ4n) is 2.96. The number of hydrogen-bond acceptors (Lipinski definition) is 3. The van der Waals surface area contributed by atoms with Gasteiger partial charge in [0, 0.05) is 12.2 Å². The predicted molar refractivity (Wildman–Crippen MR) is 80.1 cm³/mol. The zero-order valence-corrected chi connectivity index (χ0v) is 12.3. The second-order valence-electron chi connectivity index (χ2n) is 5.49. The van der Waals surface area contributed by atoms with Crippen LogP contribution in [0.4, 0.5) is 0 Å². The zero-order chi connectivity index (χ0) is 14.7. The molecule has 3 rings (SSSR count). The minimum absolute atomic E-state index is 0.199. The number of rotatable bonds is 4. The number of carbonyl (C=O) groups is 1. The Balaban J connectivity index is 1.85. The number of nitrogens with zero attached hydrogens (tertiary/aromatic N) is 2. The predicted octanol–water partition coefficient (Wildman–Crippen LogP) is 2.53. The highest BCUT2D eigenvalue weighted by Gasteiger charge is 2.16. The van der Waals surface area contributed by atoms with E-state index >= 15 is 0 Å². The van der Waals surface area contributed by atoms with Crippen molar-refractivity contribution >= 4 is 5.97 Å². The van der Waals surface area contributed by atoms with E-state index in [9.17, 15) is 4.79 Å². The van der Waals surface area contributed by atoms with Crippen LogP contribution < -0.4 is 0 Å². The molecule has 0 atom stereocenters. The van der Waals surface area contributed by atoms with Crippen molar-refractivity contribution in [3.05, 3.63) is 53.1 Å². The average molecular weight is 284 g/mol. The summed E-state index contributed by atoms with van der Waals surface area (Å²) in [7, 11) is 1.43. The van der Waals surface area contributed by atoms with E-state index in [0.29, 0.717) is 6.42 Å². The summed E-state index contributed by atoms with van der Waals surface area (Å²) >= 11 is 0. The Kier molecular flexibility index (Phi) is 4.04. The molecule has 0 bridgehead atoms. The Morgan fingerprint density at radius 1 is 1.24 bits per heavy atom. The number of carbonyl (C=O) groups excluding carboxylic acids is 1. The maximum absolute atomic E-state index is 11.5. The first-order valence-corrected chi connectivity index (χ1v) is 7.44. The number of aromatic nitrogens is 2. The van der Waals surface area contributed by atoms with Gasteiger partial charge in [-0.05, 0) is 36.8 Å². The van der Waals surface area contributed by atoms with Crippen LogP contribution in [0.5, 0.6) is 0 Å². The van der Waals surface area contributed by atoms with Gasteiger partial charge in [-0.25, -0.2) is 4.98 Å². The highest BCUT2D eigenvalue weighted by Crippen LogP contribution is 2.21. The molecule has 0 radical (unpaired) electrons. The maximum Gasteiger partial charge on any atom is 0.309 e. The van der Waals surface area contributed by atoms with Crippen molar-refractivity contribution in [1.82, 2.24) is 9.55 Å². The first-order chi connectivity index (χ1) is 10.3. The lowest BCUT2D eigenvalue weighted by Gasteiger charge is -2.15. The Bertz CT molecular complexity index is 646. The number of fused-ring (bicyclic) bond motifs is 1. The van der Waals surface area contributed by atoms with Gasteiger partial charge in [0.15, 0.2) is 0 Å². The first-order valence-electron chi connectivity index (χ1n) is 7.44. The van der Waals surface area contributed by atoms with E-state index in [1.54, 1.807) is 0 Å². The minimum atomic E-state index is -0.199. The normalized spacial score (nSPS) is 13.8. The van der Waals surface area contributed by atoms with Crippen molar-refractivity contribution in [2.45, 2.75) is 38.6 Å². The lowest BCUT2D eigenvalue weighted by atomic mass is 10.0. The highest BCUT2D eigenvalue weighted by atomic mass is 16.5. The standard InChI is InChI=1S/C17H20N2O2/c1-21-17(20)10-13-6-2-3-7-14(13)11-19-12-18-15-8-4-5-9-16(15)19/h2-3,6-7,12H,4-5,8-11H2,1H3. The van der Waals surface area contributed by atoms with Crippen molar-refractivity contribution in [1.29, 1.82) is 0 Å². The summed E-state index contributed by atoms with van der Waals surface area (Å²) in [6.45, 7) is 0.773. The number of ether oxygens (including phenoxy) is 1. The second-order valence-corrected chi connectivity index (χ2v) is 5.49. The van der Waals surface area contributed by atoms with Crippen molar-refractivity contribution in [2.75, 3.05) is 7.11 Å². The summed E-state index contributed by atoms with van der Waals surface area (Å²) < 4.78 is 7.00. The van der Waals surface area contributed by atoms with Gasteiger partial charge >= 0.3 is 5.97 Å². The molecule has 0 unspecified atom stereocenters. The van der Waals surface area contributed by atoms with E-state index in [2.05, 4.69) is 15.6 Å². The number of benzene rings is 1. The summed E-state index contributed by atoms with van der Waals surface area (Å²) in [5, 5.41) is 0. The third-order valence-corrected chi connectivity index (χ3v) is 4.13. The Morgan fingerprint density at radius 3 is 2.81 bits per heavy atom. The molecule has 2 aromatic rings. The van der Waals surface area contributed by atoms with Gasteiger partial charge in [0.25, 0.3) is 0 Å². The maximum atomic E-state index is 11.5. The van der Waals surface area contributed by atoms with Gasteiger partial charge in [-0.2, -0.15) is 0 Å². The second kappa shape index (κ2) is 6.12. The molecule has 0 N–H and O–H groups in total. The topological polar surface area (TPSA) is 44.1 Å². The molecule has 1 aliphatic carbocycles. The fraction of sp³-hybridized carbons (Fsp3) is 0.412. The Hall–Kier alpha value is -2.10. The monoisotopic (exact) mass is 284 g/mol. The van der Waals surface area contributed by atoms with E-state index < -0.39 is 0 Å². The highest BCUT2D eigenvalue weighted by molar-refractivity contribution is 5.72. The van der Waals surface area contributed by atoms with Crippen molar-refractivity contribution in [3.8, 4) is 0 Å². The van der Waals surface area contributed by atoms with Crippen LogP contribution in [-0.4, -0.2) is 22.6 Å². The molecule has 4 heteroatoms. The molecule has 110 valence electrons. The molecule has 0 spiro atoms. The Labute approximate surface area is 124 Å². The van der Waals surface area contributed by atoms with Gasteiger partial charge in [-0.3, -0.25) is 4.79 Å². The molecule has 1 aromatic carbocycles. The van der Waals surface area contributed by atoms with Gasteiger partial charge in [0.1, 0.15) is 0 Å². The van der Waals surface area contributed by atoms with Gasteiger partial charge in [0.05, 0.1) is 25.6 Å². The number of imidazole rings is 1. The number of aryl methyl sites for hydroxylation is 1. The van der Waals surface area contributed by atoms with Crippen LogP contribution in [0.2, 0.25) is 0 Å². The molecule has 1 aliphatic rings. The average Bonchev–Trinajstić information content (AvgIpc) is 2.92. The van der Waals surface area contributed by atoms with Crippen LogP contribution in [0.15, 0.2) is 30.6 Å². The molecule has 0 aliphatic heterocycles. The van der Waals surface area contributed by atoms with Crippen molar-refractivity contribution < 1.29 is 9.53 Å². The summed E-state index contributed by atoms with van der Waals surface area (Å²) in [6.07, 6.45) is 6.93. The SMILES string of the molecule is COC(=O)Cc1ccccc1Cn1cnc2c1CCCC2. The smallest absolute Gasteiger partial charge is 0.309 e. The van der Waals surface area contributed by atoms with Crippen LogP contribution in [0.3, 0.4) is 0 Å². The number of hydrogen-bond donors (Lipinski definition) is 0. The zero-order valence-electron chi connectivity index (χ0n) is 12.3. The lowest BCUT2D eigenvalue weighted by molar-refractivity contribution is -0.139. The number of esters is 1. The van der Waals surface area contributed by atoms with E-state index in [0.717, 1.165) is 30.5 Å². The van der Waals surface area contributed by atoms with Crippen LogP contribution in [0.25, 0.3) is 0 Å². The van der Waals surface area contributed by atoms with E-state index in [-0.39, 0.29) is 5.97 Å². The fourth-order valence-corrected chi connectivity index (χ4v) is 2.96. The summed E-state index contributed by atoms with van der Waals surface area (Å²) in [5.74, 6) is -0.199. The van der Waals surface area contributed by atoms with Crippen LogP contribution in [0, 0.1) is 0 Å². The van der Waals surface area contributed by atoms with Crippen LogP contribution in [-0.2, 0) is 35.3 Å². The van der Waals surface area contributed by atoms with E-state index in [4.69, 9.17) is 4.74 Å². The van der Waals surface area contributed by atoms with E-state index in [1.807, 2.05) is 24.5 Å². The van der Waals surface area contributed by atoms with Gasteiger partial charge in [-0.15, -0.1) is 0 Å². The molecule has 0 saturated carbocycles. The van der Waals surface area contributed by atoms with Gasteiger partial charge in [-0.1, -0.05) is 24.3 Å².